The highest BCUT2D eigenvalue weighted by Crippen LogP contribution is 2.21. The van der Waals surface area contributed by atoms with Crippen molar-refractivity contribution < 1.29 is 4.79 Å². The van der Waals surface area contributed by atoms with Gasteiger partial charge in [-0.25, -0.2) is 0 Å². The summed E-state index contributed by atoms with van der Waals surface area (Å²) in [5, 5.41) is 0. The van der Waals surface area contributed by atoms with Crippen LogP contribution in [0.15, 0.2) is 0 Å². The number of carbonyl (C=O) groups excluding carboxylic acids is 1. The van der Waals surface area contributed by atoms with Gasteiger partial charge < -0.3 is 4.90 Å². The van der Waals surface area contributed by atoms with Crippen LogP contribution in [0.4, 0.5) is 0 Å². The summed E-state index contributed by atoms with van der Waals surface area (Å²) in [6.07, 6.45) is 3.74. The highest BCUT2D eigenvalue weighted by molar-refractivity contribution is 5.78. The molecule has 0 unspecified atom stereocenters. The zero-order valence-electron chi connectivity index (χ0n) is 9.05. The third kappa shape index (κ3) is 2.71. The Morgan fingerprint density at radius 2 is 2.23 bits per heavy atom. The Hall–Kier alpha value is -0.530. The molecule has 2 nitrogen and oxygen atoms in total. The van der Waals surface area contributed by atoms with Crippen LogP contribution in [-0.2, 0) is 4.79 Å². The SMILES string of the molecule is CCC[C@@H]1CCN(C(=O)C(C)C)C1. The molecule has 0 aromatic carbocycles. The molecule has 1 amide bonds. The van der Waals surface area contributed by atoms with E-state index in [9.17, 15) is 4.79 Å². The zero-order valence-corrected chi connectivity index (χ0v) is 9.05. The normalized spacial score (nSPS) is 22.8. The smallest absolute Gasteiger partial charge is 0.225 e. The number of amides is 1. The van der Waals surface area contributed by atoms with Gasteiger partial charge in [-0.05, 0) is 18.8 Å². The van der Waals surface area contributed by atoms with Crippen LogP contribution < -0.4 is 0 Å². The van der Waals surface area contributed by atoms with Gasteiger partial charge in [0.2, 0.25) is 5.91 Å². The van der Waals surface area contributed by atoms with Crippen LogP contribution in [0.3, 0.4) is 0 Å². The topological polar surface area (TPSA) is 20.3 Å². The second-order valence-corrected chi connectivity index (χ2v) is 4.38. The lowest BCUT2D eigenvalue weighted by molar-refractivity contribution is -0.133. The van der Waals surface area contributed by atoms with Crippen molar-refractivity contribution in [1.82, 2.24) is 4.90 Å². The summed E-state index contributed by atoms with van der Waals surface area (Å²) in [5.41, 5.74) is 0. The zero-order chi connectivity index (χ0) is 9.84. The van der Waals surface area contributed by atoms with E-state index in [4.69, 9.17) is 0 Å². The van der Waals surface area contributed by atoms with E-state index in [0.717, 1.165) is 19.0 Å². The fourth-order valence-electron chi connectivity index (χ4n) is 2.04. The molecule has 2 heteroatoms. The molecule has 13 heavy (non-hydrogen) atoms. The lowest BCUT2D eigenvalue weighted by atomic mass is 10.0. The van der Waals surface area contributed by atoms with E-state index in [-0.39, 0.29) is 5.92 Å². The van der Waals surface area contributed by atoms with E-state index in [1.165, 1.54) is 19.3 Å². The summed E-state index contributed by atoms with van der Waals surface area (Å²) in [5.74, 6) is 1.27. The van der Waals surface area contributed by atoms with Gasteiger partial charge in [0.15, 0.2) is 0 Å². The van der Waals surface area contributed by atoms with Crippen LogP contribution in [0.25, 0.3) is 0 Å². The Balaban J connectivity index is 2.36. The molecule has 1 atom stereocenters. The fraction of sp³-hybridized carbons (Fsp3) is 0.909. The lowest BCUT2D eigenvalue weighted by Crippen LogP contribution is -2.32. The van der Waals surface area contributed by atoms with E-state index in [1.807, 2.05) is 18.7 Å². The third-order valence-electron chi connectivity index (χ3n) is 2.79. The Labute approximate surface area is 81.3 Å². The molecule has 0 spiro atoms. The predicted octanol–water partition coefficient (Wildman–Crippen LogP) is 2.29. The maximum Gasteiger partial charge on any atom is 0.225 e. The molecule has 0 aliphatic carbocycles. The molecule has 0 aromatic rings. The Morgan fingerprint density at radius 3 is 2.77 bits per heavy atom. The van der Waals surface area contributed by atoms with E-state index in [2.05, 4.69) is 6.92 Å². The van der Waals surface area contributed by atoms with E-state index in [1.54, 1.807) is 0 Å². The van der Waals surface area contributed by atoms with Crippen LogP contribution in [0.5, 0.6) is 0 Å². The van der Waals surface area contributed by atoms with E-state index >= 15 is 0 Å². The number of nitrogens with zero attached hydrogens (tertiary/aromatic N) is 1. The van der Waals surface area contributed by atoms with Gasteiger partial charge in [-0.3, -0.25) is 4.79 Å². The van der Waals surface area contributed by atoms with Gasteiger partial charge in [0.1, 0.15) is 0 Å². The maximum absolute atomic E-state index is 11.6. The minimum absolute atomic E-state index is 0.167. The first kappa shape index (κ1) is 10.6. The van der Waals surface area contributed by atoms with Crippen molar-refractivity contribution in [3.63, 3.8) is 0 Å². The fourth-order valence-corrected chi connectivity index (χ4v) is 2.04. The Kier molecular flexibility index (Phi) is 3.76. The molecule has 0 aromatic heterocycles. The van der Waals surface area contributed by atoms with Gasteiger partial charge in [0.05, 0.1) is 0 Å². The number of carbonyl (C=O) groups is 1. The van der Waals surface area contributed by atoms with Gasteiger partial charge >= 0.3 is 0 Å². The quantitative estimate of drug-likeness (QED) is 0.657. The molecule has 1 aliphatic heterocycles. The average molecular weight is 183 g/mol. The summed E-state index contributed by atoms with van der Waals surface area (Å²) < 4.78 is 0. The van der Waals surface area contributed by atoms with Crippen molar-refractivity contribution in [2.75, 3.05) is 13.1 Å². The van der Waals surface area contributed by atoms with Gasteiger partial charge in [0, 0.05) is 19.0 Å². The van der Waals surface area contributed by atoms with Crippen molar-refractivity contribution in [2.24, 2.45) is 11.8 Å². The molecule has 0 saturated carbocycles. The van der Waals surface area contributed by atoms with Crippen LogP contribution in [0, 0.1) is 11.8 Å². The standard InChI is InChI=1S/C11H21NO/c1-4-5-10-6-7-12(8-10)11(13)9(2)3/h9-10H,4-8H2,1-3H3/t10-/m1/s1. The largest absolute Gasteiger partial charge is 0.342 e. The minimum atomic E-state index is 0.167. The van der Waals surface area contributed by atoms with Crippen molar-refractivity contribution >= 4 is 5.91 Å². The molecule has 1 fully saturated rings. The molecule has 1 aliphatic rings. The van der Waals surface area contributed by atoms with Crippen LogP contribution in [0.1, 0.15) is 40.0 Å². The summed E-state index contributed by atoms with van der Waals surface area (Å²) >= 11 is 0. The molecule has 1 saturated heterocycles. The monoisotopic (exact) mass is 183 g/mol. The summed E-state index contributed by atoms with van der Waals surface area (Å²) in [7, 11) is 0. The first-order valence-electron chi connectivity index (χ1n) is 5.44. The third-order valence-corrected chi connectivity index (χ3v) is 2.79. The lowest BCUT2D eigenvalue weighted by Gasteiger charge is -2.18. The van der Waals surface area contributed by atoms with Crippen molar-refractivity contribution in [3.8, 4) is 0 Å². The van der Waals surface area contributed by atoms with Crippen LogP contribution in [0.2, 0.25) is 0 Å². The van der Waals surface area contributed by atoms with Gasteiger partial charge in [-0.2, -0.15) is 0 Å². The average Bonchev–Trinajstić information content (AvgIpc) is 2.52. The molecular weight excluding hydrogens is 162 g/mol. The number of hydrogen-bond acceptors (Lipinski definition) is 1. The van der Waals surface area contributed by atoms with Crippen LogP contribution in [-0.4, -0.2) is 23.9 Å². The predicted molar refractivity (Wildman–Crippen MR) is 54.4 cm³/mol. The number of rotatable bonds is 3. The molecule has 1 rings (SSSR count). The molecule has 0 N–H and O–H groups in total. The highest BCUT2D eigenvalue weighted by atomic mass is 16.2. The second-order valence-electron chi connectivity index (χ2n) is 4.38. The second kappa shape index (κ2) is 4.64. The molecule has 0 bridgehead atoms. The molecule has 1 heterocycles. The summed E-state index contributed by atoms with van der Waals surface area (Å²) in [4.78, 5) is 13.7. The molecule has 76 valence electrons. The highest BCUT2D eigenvalue weighted by Gasteiger charge is 2.26. The minimum Gasteiger partial charge on any atom is -0.342 e. The van der Waals surface area contributed by atoms with E-state index in [0.29, 0.717) is 5.91 Å². The van der Waals surface area contributed by atoms with E-state index < -0.39 is 0 Å². The number of hydrogen-bond donors (Lipinski definition) is 0. The maximum atomic E-state index is 11.6. The Morgan fingerprint density at radius 1 is 1.54 bits per heavy atom. The van der Waals surface area contributed by atoms with Gasteiger partial charge in [0.25, 0.3) is 0 Å². The molecular formula is C11H21NO. The van der Waals surface area contributed by atoms with Gasteiger partial charge in [-0.1, -0.05) is 27.2 Å². The van der Waals surface area contributed by atoms with Gasteiger partial charge in [-0.15, -0.1) is 0 Å². The number of likely N-dealkylation sites (tertiary alicyclic amines) is 1. The first-order valence-corrected chi connectivity index (χ1v) is 5.44. The summed E-state index contributed by atoms with van der Waals surface area (Å²) in [6, 6.07) is 0. The first-order chi connectivity index (χ1) is 6.15. The molecule has 0 radical (unpaired) electrons. The van der Waals surface area contributed by atoms with Crippen molar-refractivity contribution in [3.05, 3.63) is 0 Å². The van der Waals surface area contributed by atoms with Crippen molar-refractivity contribution in [2.45, 2.75) is 40.0 Å². The van der Waals surface area contributed by atoms with Crippen molar-refractivity contribution in [1.29, 1.82) is 0 Å². The van der Waals surface area contributed by atoms with Crippen LogP contribution >= 0.6 is 0 Å². The Bertz CT molecular complexity index is 177. The summed E-state index contributed by atoms with van der Waals surface area (Å²) in [6.45, 7) is 8.17.